The third kappa shape index (κ3) is 3.61. The van der Waals surface area contributed by atoms with Crippen LogP contribution in [0.25, 0.3) is 0 Å². The average molecular weight is 269 g/mol. The number of methoxy groups -OCH3 is 1. The standard InChI is InChI=1S/C14H23NO4/c1-14(2,3)19-13(17)15-8-10-5-9(10)6-11(15)7-12(16)18-4/h9-11H,5-8H2,1-4H3. The number of fused-ring (bicyclic) bond motifs is 1. The summed E-state index contributed by atoms with van der Waals surface area (Å²) in [6.07, 6.45) is 2.00. The highest BCUT2D eigenvalue weighted by Gasteiger charge is 2.48. The maximum Gasteiger partial charge on any atom is 0.410 e. The van der Waals surface area contributed by atoms with Gasteiger partial charge in [-0.15, -0.1) is 0 Å². The molecule has 1 saturated heterocycles. The number of nitrogens with zero attached hydrogens (tertiary/aromatic N) is 1. The molecule has 1 heterocycles. The molecule has 3 unspecified atom stereocenters. The smallest absolute Gasteiger partial charge is 0.410 e. The summed E-state index contributed by atoms with van der Waals surface area (Å²) in [5.74, 6) is 1.01. The van der Waals surface area contributed by atoms with Crippen LogP contribution < -0.4 is 0 Å². The van der Waals surface area contributed by atoms with Gasteiger partial charge in [0.25, 0.3) is 0 Å². The zero-order chi connectivity index (χ0) is 14.2. The lowest BCUT2D eigenvalue weighted by Gasteiger charge is -2.36. The number of amides is 1. The van der Waals surface area contributed by atoms with E-state index in [0.717, 1.165) is 12.8 Å². The summed E-state index contributed by atoms with van der Waals surface area (Å²) in [6.45, 7) is 6.26. The molecule has 0 aromatic heterocycles. The van der Waals surface area contributed by atoms with Crippen LogP contribution in [0.3, 0.4) is 0 Å². The van der Waals surface area contributed by atoms with Gasteiger partial charge in [-0.25, -0.2) is 4.79 Å². The van der Waals surface area contributed by atoms with Gasteiger partial charge >= 0.3 is 12.1 Å². The molecule has 0 aromatic rings. The Morgan fingerprint density at radius 2 is 1.89 bits per heavy atom. The normalized spacial score (nSPS) is 29.5. The zero-order valence-corrected chi connectivity index (χ0v) is 12.1. The van der Waals surface area contributed by atoms with E-state index in [-0.39, 0.29) is 24.5 Å². The lowest BCUT2D eigenvalue weighted by Crippen LogP contribution is -2.47. The lowest BCUT2D eigenvalue weighted by molar-refractivity contribution is -0.142. The maximum absolute atomic E-state index is 12.2. The second kappa shape index (κ2) is 5.02. The fourth-order valence-corrected chi connectivity index (χ4v) is 2.71. The van der Waals surface area contributed by atoms with Crippen LogP contribution in [0.5, 0.6) is 0 Å². The molecule has 1 aliphatic heterocycles. The second-order valence-corrected chi connectivity index (χ2v) is 6.56. The van der Waals surface area contributed by atoms with Crippen molar-refractivity contribution in [1.82, 2.24) is 4.90 Å². The summed E-state index contributed by atoms with van der Waals surface area (Å²) >= 11 is 0. The SMILES string of the molecule is COC(=O)CC1CC2CC2CN1C(=O)OC(C)(C)C. The van der Waals surface area contributed by atoms with Crippen molar-refractivity contribution in [3.05, 3.63) is 0 Å². The van der Waals surface area contributed by atoms with Gasteiger partial charge in [0.05, 0.1) is 13.5 Å². The molecule has 1 aliphatic carbocycles. The number of hydrogen-bond donors (Lipinski definition) is 0. The first-order valence-electron chi connectivity index (χ1n) is 6.86. The van der Waals surface area contributed by atoms with Gasteiger partial charge in [-0.2, -0.15) is 0 Å². The molecule has 2 rings (SSSR count). The molecule has 0 radical (unpaired) electrons. The summed E-state index contributed by atoms with van der Waals surface area (Å²) in [5.41, 5.74) is -0.507. The van der Waals surface area contributed by atoms with Crippen LogP contribution in [-0.2, 0) is 14.3 Å². The number of carbonyl (C=O) groups is 2. The van der Waals surface area contributed by atoms with Gasteiger partial charge in [0.15, 0.2) is 0 Å². The molecule has 1 amide bonds. The van der Waals surface area contributed by atoms with Crippen LogP contribution in [-0.4, -0.2) is 42.3 Å². The lowest BCUT2D eigenvalue weighted by atomic mass is 10.00. The molecule has 1 saturated carbocycles. The van der Waals surface area contributed by atoms with Crippen molar-refractivity contribution >= 4 is 12.1 Å². The van der Waals surface area contributed by atoms with Crippen molar-refractivity contribution in [2.45, 2.75) is 51.7 Å². The van der Waals surface area contributed by atoms with Crippen LogP contribution in [0.1, 0.15) is 40.0 Å². The second-order valence-electron chi connectivity index (χ2n) is 6.56. The van der Waals surface area contributed by atoms with E-state index >= 15 is 0 Å². The van der Waals surface area contributed by atoms with E-state index < -0.39 is 5.60 Å². The Labute approximate surface area is 114 Å². The molecule has 19 heavy (non-hydrogen) atoms. The van der Waals surface area contributed by atoms with E-state index in [9.17, 15) is 9.59 Å². The molecule has 5 nitrogen and oxygen atoms in total. The molecule has 2 aliphatic rings. The number of likely N-dealkylation sites (tertiary alicyclic amines) is 1. The third-order valence-electron chi connectivity index (χ3n) is 3.77. The number of carbonyl (C=O) groups excluding carboxylic acids is 2. The van der Waals surface area contributed by atoms with Crippen LogP contribution >= 0.6 is 0 Å². The van der Waals surface area contributed by atoms with E-state index in [1.54, 1.807) is 4.90 Å². The minimum absolute atomic E-state index is 0.0777. The Morgan fingerprint density at radius 1 is 1.21 bits per heavy atom. The third-order valence-corrected chi connectivity index (χ3v) is 3.77. The van der Waals surface area contributed by atoms with Gasteiger partial charge in [0.2, 0.25) is 0 Å². The molecule has 0 bridgehead atoms. The van der Waals surface area contributed by atoms with Crippen LogP contribution in [0, 0.1) is 11.8 Å². The predicted molar refractivity (Wildman–Crippen MR) is 69.6 cm³/mol. The van der Waals surface area contributed by atoms with E-state index in [2.05, 4.69) is 0 Å². The largest absolute Gasteiger partial charge is 0.469 e. The van der Waals surface area contributed by atoms with Crippen LogP contribution in [0.2, 0.25) is 0 Å². The van der Waals surface area contributed by atoms with Crippen LogP contribution in [0.4, 0.5) is 4.79 Å². The fraction of sp³-hybridized carbons (Fsp3) is 0.857. The summed E-state index contributed by atoms with van der Waals surface area (Å²) in [7, 11) is 1.38. The Kier molecular flexibility index (Phi) is 3.74. The Hall–Kier alpha value is -1.26. The molecule has 0 spiro atoms. The van der Waals surface area contributed by atoms with E-state index in [1.807, 2.05) is 20.8 Å². The zero-order valence-electron chi connectivity index (χ0n) is 12.1. The Balaban J connectivity index is 2.01. The Bertz CT molecular complexity index is 374. The first-order valence-corrected chi connectivity index (χ1v) is 6.86. The molecule has 0 N–H and O–H groups in total. The molecular weight excluding hydrogens is 246 g/mol. The molecule has 0 aromatic carbocycles. The topological polar surface area (TPSA) is 55.8 Å². The van der Waals surface area contributed by atoms with E-state index in [1.165, 1.54) is 7.11 Å². The monoisotopic (exact) mass is 269 g/mol. The van der Waals surface area contributed by atoms with E-state index in [4.69, 9.17) is 9.47 Å². The molecule has 5 heteroatoms. The molecular formula is C14H23NO4. The van der Waals surface area contributed by atoms with Gasteiger partial charge in [-0.3, -0.25) is 4.79 Å². The van der Waals surface area contributed by atoms with Crippen molar-refractivity contribution in [2.75, 3.05) is 13.7 Å². The summed E-state index contributed by atoms with van der Waals surface area (Å²) in [6, 6.07) is -0.0777. The van der Waals surface area contributed by atoms with Gasteiger partial charge < -0.3 is 14.4 Å². The number of hydrogen-bond acceptors (Lipinski definition) is 4. The maximum atomic E-state index is 12.2. The van der Waals surface area contributed by atoms with Gasteiger partial charge in [0, 0.05) is 12.6 Å². The van der Waals surface area contributed by atoms with Gasteiger partial charge in [0.1, 0.15) is 5.60 Å². The number of ether oxygens (including phenoxy) is 2. The average Bonchev–Trinajstić information content (AvgIpc) is 3.03. The first-order chi connectivity index (χ1) is 8.80. The highest BCUT2D eigenvalue weighted by molar-refractivity contribution is 5.73. The predicted octanol–water partition coefficient (Wildman–Crippen LogP) is 2.20. The molecule has 108 valence electrons. The fourth-order valence-electron chi connectivity index (χ4n) is 2.71. The van der Waals surface area contributed by atoms with E-state index in [0.29, 0.717) is 18.4 Å². The number of rotatable bonds is 2. The van der Waals surface area contributed by atoms with Gasteiger partial charge in [-0.05, 0) is 45.4 Å². The minimum atomic E-state index is -0.507. The van der Waals surface area contributed by atoms with Crippen LogP contribution in [0.15, 0.2) is 0 Å². The van der Waals surface area contributed by atoms with Crippen molar-refractivity contribution < 1.29 is 19.1 Å². The summed E-state index contributed by atoms with van der Waals surface area (Å²) in [5, 5.41) is 0. The van der Waals surface area contributed by atoms with Crippen molar-refractivity contribution in [1.29, 1.82) is 0 Å². The first kappa shape index (κ1) is 14.2. The summed E-state index contributed by atoms with van der Waals surface area (Å²) in [4.78, 5) is 25.4. The number of esters is 1. The van der Waals surface area contributed by atoms with Gasteiger partial charge in [-0.1, -0.05) is 0 Å². The molecule has 2 fully saturated rings. The van der Waals surface area contributed by atoms with Crippen molar-refractivity contribution in [3.8, 4) is 0 Å². The highest BCUT2D eigenvalue weighted by Crippen LogP contribution is 2.47. The highest BCUT2D eigenvalue weighted by atomic mass is 16.6. The quantitative estimate of drug-likeness (QED) is 0.721. The molecule has 3 atom stereocenters. The summed E-state index contributed by atoms with van der Waals surface area (Å²) < 4.78 is 10.1. The number of piperidine rings is 1. The Morgan fingerprint density at radius 3 is 2.47 bits per heavy atom. The minimum Gasteiger partial charge on any atom is -0.469 e. The van der Waals surface area contributed by atoms with Crippen molar-refractivity contribution in [3.63, 3.8) is 0 Å². The van der Waals surface area contributed by atoms with Crippen molar-refractivity contribution in [2.24, 2.45) is 11.8 Å².